The van der Waals surface area contributed by atoms with E-state index < -0.39 is 0 Å². The maximum absolute atomic E-state index is 12.4. The van der Waals surface area contributed by atoms with Crippen molar-refractivity contribution in [2.24, 2.45) is 0 Å². The van der Waals surface area contributed by atoms with E-state index in [1.165, 1.54) is 4.90 Å². The molecule has 2 atom stereocenters. The lowest BCUT2D eigenvalue weighted by molar-refractivity contribution is -0.856. The number of carbonyl (C=O) groups excluding carboxylic acids is 2. The molecule has 0 radical (unpaired) electrons. The topological polar surface area (TPSA) is 63.1 Å². The molecule has 2 rings (SSSR count). The molecule has 2 N–H and O–H groups in total. The number of nitrogens with one attached hydrogen (secondary N) is 2. The number of nitrogens with zero attached hydrogens (tertiary/aromatic N) is 1. The fourth-order valence-electron chi connectivity index (χ4n) is 2.52. The monoisotopic (exact) mass is 352 g/mol. The molecule has 1 fully saturated rings. The zero-order chi connectivity index (χ0) is 17.7. The first-order valence-electron chi connectivity index (χ1n) is 8.08. The molecule has 1 heterocycles. The van der Waals surface area contributed by atoms with Crippen LogP contribution in [0.15, 0.2) is 24.3 Å². The van der Waals surface area contributed by atoms with Crippen molar-refractivity contribution in [3.63, 3.8) is 0 Å². The number of hydrogen-bond acceptors (Lipinski definition) is 4. The summed E-state index contributed by atoms with van der Waals surface area (Å²) in [4.78, 5) is 27.5. The van der Waals surface area contributed by atoms with Gasteiger partial charge in [0.05, 0.1) is 39.5 Å². The maximum atomic E-state index is 12.4. The Balaban J connectivity index is 2.03. The van der Waals surface area contributed by atoms with Gasteiger partial charge in [0.15, 0.2) is 0 Å². The average Bonchev–Trinajstić information content (AvgIpc) is 2.83. The van der Waals surface area contributed by atoms with Gasteiger partial charge in [0.25, 0.3) is 0 Å². The number of ether oxygens (including phenoxy) is 1. The molecule has 0 spiro atoms. The molecule has 132 valence electrons. The fraction of sp³-hybridized carbons (Fsp3) is 0.529. The largest absolute Gasteiger partial charge is 0.497 e. The van der Waals surface area contributed by atoms with Crippen molar-refractivity contribution in [2.45, 2.75) is 17.5 Å². The van der Waals surface area contributed by atoms with Gasteiger partial charge in [-0.1, -0.05) is 12.1 Å². The number of hydrogen-bond donors (Lipinski definition) is 2. The summed E-state index contributed by atoms with van der Waals surface area (Å²) in [6, 6.07) is 7.65. The molecule has 0 aliphatic carbocycles. The molecule has 0 unspecified atom stereocenters. The molecule has 2 amide bonds. The summed E-state index contributed by atoms with van der Waals surface area (Å²) in [7, 11) is 5.69. The van der Waals surface area contributed by atoms with Crippen molar-refractivity contribution >= 4 is 23.6 Å². The Morgan fingerprint density at radius 2 is 2.00 bits per heavy atom. The van der Waals surface area contributed by atoms with Crippen molar-refractivity contribution in [3.05, 3.63) is 29.8 Å². The van der Waals surface area contributed by atoms with Crippen molar-refractivity contribution in [3.8, 4) is 5.75 Å². The number of benzene rings is 1. The summed E-state index contributed by atoms with van der Waals surface area (Å²) in [6.07, 6.45) is 0. The third kappa shape index (κ3) is 4.64. The van der Waals surface area contributed by atoms with Gasteiger partial charge in [-0.25, -0.2) is 0 Å². The molecule has 0 bridgehead atoms. The summed E-state index contributed by atoms with van der Waals surface area (Å²) >= 11 is 1.57. The lowest BCUT2D eigenvalue weighted by Gasteiger charge is -2.23. The third-order valence-electron chi connectivity index (χ3n) is 3.91. The van der Waals surface area contributed by atoms with Gasteiger partial charge >= 0.3 is 0 Å². The highest BCUT2D eigenvalue weighted by atomic mass is 32.2. The van der Waals surface area contributed by atoms with Crippen LogP contribution in [0.5, 0.6) is 5.75 Å². The number of rotatable bonds is 7. The van der Waals surface area contributed by atoms with Gasteiger partial charge in [-0.2, -0.15) is 0 Å². The van der Waals surface area contributed by atoms with Crippen molar-refractivity contribution in [1.82, 2.24) is 10.2 Å². The molecular weight excluding hydrogens is 326 g/mol. The number of carbonyl (C=O) groups is 2. The van der Waals surface area contributed by atoms with Gasteiger partial charge < -0.3 is 19.9 Å². The second-order valence-corrected chi connectivity index (χ2v) is 7.60. The van der Waals surface area contributed by atoms with E-state index in [-0.39, 0.29) is 29.0 Å². The molecular formula is C17H26N3O3S+. The minimum atomic E-state index is -0.142. The normalized spacial score (nSPS) is 20.5. The van der Waals surface area contributed by atoms with Crippen molar-refractivity contribution in [2.75, 3.05) is 40.8 Å². The second kappa shape index (κ2) is 8.39. The smallest absolute Gasteiger partial charge is 0.239 e. The van der Waals surface area contributed by atoms with Crippen LogP contribution in [0.3, 0.4) is 0 Å². The molecule has 1 aliphatic heterocycles. The van der Waals surface area contributed by atoms with Crippen LogP contribution in [-0.2, 0) is 9.59 Å². The highest BCUT2D eigenvalue weighted by Gasteiger charge is 2.39. The van der Waals surface area contributed by atoms with Gasteiger partial charge in [0, 0.05) is 0 Å². The Hall–Kier alpha value is -1.73. The van der Waals surface area contributed by atoms with E-state index in [1.54, 1.807) is 23.8 Å². The van der Waals surface area contributed by atoms with Crippen LogP contribution < -0.4 is 15.0 Å². The minimum absolute atomic E-state index is 0.00852. The van der Waals surface area contributed by atoms with Crippen LogP contribution in [0, 0.1) is 0 Å². The van der Waals surface area contributed by atoms with E-state index in [0.717, 1.165) is 17.9 Å². The lowest BCUT2D eigenvalue weighted by Crippen LogP contribution is -3.06. The molecule has 0 aromatic heterocycles. The fourth-order valence-corrected chi connectivity index (χ4v) is 3.80. The first-order valence-corrected chi connectivity index (χ1v) is 9.02. The van der Waals surface area contributed by atoms with E-state index in [2.05, 4.69) is 5.32 Å². The van der Waals surface area contributed by atoms with E-state index in [0.29, 0.717) is 6.54 Å². The number of methoxy groups -OCH3 is 1. The average molecular weight is 352 g/mol. The Morgan fingerprint density at radius 1 is 1.33 bits per heavy atom. The van der Waals surface area contributed by atoms with E-state index in [4.69, 9.17) is 4.74 Å². The summed E-state index contributed by atoms with van der Waals surface area (Å²) in [5.41, 5.74) is 1.00. The van der Waals surface area contributed by atoms with Gasteiger partial charge in [-0.3, -0.25) is 9.59 Å². The summed E-state index contributed by atoms with van der Waals surface area (Å²) in [5, 5.41) is 2.61. The predicted molar refractivity (Wildman–Crippen MR) is 95.2 cm³/mol. The van der Waals surface area contributed by atoms with Gasteiger partial charge in [-0.05, 0) is 24.6 Å². The summed E-state index contributed by atoms with van der Waals surface area (Å²) < 4.78 is 5.18. The van der Waals surface area contributed by atoms with Gasteiger partial charge in [0.2, 0.25) is 11.8 Å². The van der Waals surface area contributed by atoms with Gasteiger partial charge in [-0.15, -0.1) is 11.8 Å². The molecule has 1 saturated heterocycles. The maximum Gasteiger partial charge on any atom is 0.239 e. The molecule has 24 heavy (non-hydrogen) atoms. The van der Waals surface area contributed by atoms with Crippen LogP contribution in [0.25, 0.3) is 0 Å². The SMILES string of the molecule is COc1ccc([C@H]2S[C@@H](C)C(=O)N2CC(=O)NCC[NH+](C)C)cc1. The molecule has 0 saturated carbocycles. The van der Waals surface area contributed by atoms with Crippen molar-refractivity contribution in [1.29, 1.82) is 0 Å². The Bertz CT molecular complexity index is 577. The number of thioether (sulfide) groups is 1. The highest BCUT2D eigenvalue weighted by molar-refractivity contribution is 8.01. The lowest BCUT2D eigenvalue weighted by atomic mass is 10.2. The highest BCUT2D eigenvalue weighted by Crippen LogP contribution is 2.42. The molecule has 7 heteroatoms. The van der Waals surface area contributed by atoms with Crippen LogP contribution in [-0.4, -0.2) is 62.8 Å². The van der Waals surface area contributed by atoms with E-state index >= 15 is 0 Å². The van der Waals surface area contributed by atoms with Crippen LogP contribution >= 0.6 is 11.8 Å². The zero-order valence-electron chi connectivity index (χ0n) is 14.7. The summed E-state index contributed by atoms with van der Waals surface area (Å²) in [5.74, 6) is 0.670. The van der Waals surface area contributed by atoms with Crippen LogP contribution in [0.2, 0.25) is 0 Å². The third-order valence-corrected chi connectivity index (χ3v) is 5.30. The number of quaternary nitrogens is 1. The first-order chi connectivity index (χ1) is 11.4. The molecule has 1 aromatic carbocycles. The summed E-state index contributed by atoms with van der Waals surface area (Å²) in [6.45, 7) is 3.44. The van der Waals surface area contributed by atoms with Crippen molar-refractivity contribution < 1.29 is 19.2 Å². The van der Waals surface area contributed by atoms with Gasteiger partial charge in [0.1, 0.15) is 17.7 Å². The second-order valence-electron chi connectivity index (χ2n) is 6.18. The Kier molecular flexibility index (Phi) is 6.51. The standard InChI is InChI=1S/C17H25N3O3S/c1-12-16(22)20(11-15(21)18-9-10-19(2)3)17(24-12)13-5-7-14(23-4)8-6-13/h5-8,12,17H,9-11H2,1-4H3,(H,18,21)/p+1/t12-,17+/m0/s1. The first kappa shape index (κ1) is 18.6. The van der Waals surface area contributed by atoms with E-state index in [1.807, 2.05) is 45.3 Å². The molecule has 1 aromatic rings. The minimum Gasteiger partial charge on any atom is -0.497 e. The predicted octanol–water partition coefficient (Wildman–Crippen LogP) is -0.0816. The van der Waals surface area contributed by atoms with Crippen LogP contribution in [0.4, 0.5) is 0 Å². The zero-order valence-corrected chi connectivity index (χ0v) is 15.5. The Morgan fingerprint density at radius 3 is 2.58 bits per heavy atom. The van der Waals surface area contributed by atoms with E-state index in [9.17, 15) is 9.59 Å². The molecule has 1 aliphatic rings. The number of amides is 2. The number of likely N-dealkylation sites (N-methyl/N-ethyl adjacent to an activating group) is 1. The Labute approximate surface area is 147 Å². The quantitative estimate of drug-likeness (QED) is 0.721. The molecule has 6 nitrogen and oxygen atoms in total. The van der Waals surface area contributed by atoms with Crippen LogP contribution in [0.1, 0.15) is 17.9 Å².